The SMILES string of the molecule is O=S(=O)(F)N1CCC(c2ccccc2)CC1. The first-order chi connectivity index (χ1) is 7.57. The summed E-state index contributed by atoms with van der Waals surface area (Å²) in [6.07, 6.45) is 1.38. The predicted molar refractivity (Wildman–Crippen MR) is 60.0 cm³/mol. The molecule has 3 nitrogen and oxygen atoms in total. The molecule has 0 N–H and O–H groups in total. The van der Waals surface area contributed by atoms with E-state index in [0.717, 1.165) is 4.31 Å². The van der Waals surface area contributed by atoms with Crippen LogP contribution in [0.4, 0.5) is 3.89 Å². The highest BCUT2D eigenvalue weighted by Crippen LogP contribution is 2.28. The van der Waals surface area contributed by atoms with Gasteiger partial charge in [-0.3, -0.25) is 0 Å². The second-order valence-electron chi connectivity index (χ2n) is 4.03. The number of piperidine rings is 1. The summed E-state index contributed by atoms with van der Waals surface area (Å²) < 4.78 is 35.0. The van der Waals surface area contributed by atoms with Crippen LogP contribution in [0.2, 0.25) is 0 Å². The molecule has 0 spiro atoms. The van der Waals surface area contributed by atoms with E-state index in [-0.39, 0.29) is 13.1 Å². The Hall–Kier alpha value is -0.940. The summed E-state index contributed by atoms with van der Waals surface area (Å²) in [4.78, 5) is 0. The van der Waals surface area contributed by atoms with Gasteiger partial charge in [0.1, 0.15) is 0 Å². The fraction of sp³-hybridized carbons (Fsp3) is 0.455. The van der Waals surface area contributed by atoms with Crippen LogP contribution in [0.1, 0.15) is 24.3 Å². The normalized spacial score (nSPS) is 19.8. The van der Waals surface area contributed by atoms with Crippen LogP contribution in [0.15, 0.2) is 30.3 Å². The highest BCUT2D eigenvalue weighted by atomic mass is 32.3. The molecule has 0 saturated carbocycles. The average molecular weight is 243 g/mol. The Morgan fingerprint density at radius 2 is 1.69 bits per heavy atom. The molecule has 0 aromatic heterocycles. The number of hydrogen-bond acceptors (Lipinski definition) is 2. The Kier molecular flexibility index (Phi) is 3.25. The molecule has 0 bridgehead atoms. The van der Waals surface area contributed by atoms with Crippen molar-refractivity contribution in [1.29, 1.82) is 0 Å². The maximum Gasteiger partial charge on any atom is 0.374 e. The van der Waals surface area contributed by atoms with Gasteiger partial charge in [-0.2, -0.15) is 12.7 Å². The number of halogens is 1. The van der Waals surface area contributed by atoms with Crippen molar-refractivity contribution in [3.63, 3.8) is 0 Å². The van der Waals surface area contributed by atoms with Gasteiger partial charge in [-0.1, -0.05) is 34.2 Å². The van der Waals surface area contributed by atoms with Gasteiger partial charge in [0.25, 0.3) is 0 Å². The van der Waals surface area contributed by atoms with Gasteiger partial charge < -0.3 is 0 Å². The molecule has 1 saturated heterocycles. The van der Waals surface area contributed by atoms with Crippen molar-refractivity contribution in [2.24, 2.45) is 0 Å². The molecule has 0 radical (unpaired) electrons. The zero-order valence-electron chi connectivity index (χ0n) is 8.84. The maximum atomic E-state index is 12.7. The summed E-state index contributed by atoms with van der Waals surface area (Å²) >= 11 is 0. The number of rotatable bonds is 2. The van der Waals surface area contributed by atoms with E-state index < -0.39 is 10.4 Å². The average Bonchev–Trinajstić information content (AvgIpc) is 2.29. The van der Waals surface area contributed by atoms with Crippen molar-refractivity contribution >= 4 is 10.4 Å². The Bertz CT molecular complexity index is 438. The van der Waals surface area contributed by atoms with E-state index in [0.29, 0.717) is 18.8 Å². The highest BCUT2D eigenvalue weighted by molar-refractivity contribution is 7.83. The second-order valence-corrected chi connectivity index (χ2v) is 5.37. The van der Waals surface area contributed by atoms with Crippen molar-refractivity contribution < 1.29 is 12.3 Å². The smallest absolute Gasteiger partial charge is 0.177 e. The number of hydrogen-bond donors (Lipinski definition) is 0. The Morgan fingerprint density at radius 3 is 2.19 bits per heavy atom. The lowest BCUT2D eigenvalue weighted by molar-refractivity contribution is 0.306. The third kappa shape index (κ3) is 2.59. The molecule has 0 atom stereocenters. The minimum Gasteiger partial charge on any atom is -0.177 e. The molecule has 0 unspecified atom stereocenters. The van der Waals surface area contributed by atoms with Crippen molar-refractivity contribution in [1.82, 2.24) is 4.31 Å². The molecule has 1 fully saturated rings. The number of nitrogens with zero attached hydrogens (tertiary/aromatic N) is 1. The van der Waals surface area contributed by atoms with Gasteiger partial charge in [0.05, 0.1) is 0 Å². The molecule has 1 aromatic carbocycles. The van der Waals surface area contributed by atoms with Crippen LogP contribution in [0.5, 0.6) is 0 Å². The third-order valence-electron chi connectivity index (χ3n) is 3.03. The van der Waals surface area contributed by atoms with E-state index in [1.54, 1.807) is 0 Å². The fourth-order valence-electron chi connectivity index (χ4n) is 2.13. The Balaban J connectivity index is 2.01. The van der Waals surface area contributed by atoms with Crippen molar-refractivity contribution in [3.05, 3.63) is 35.9 Å². The first-order valence-corrected chi connectivity index (χ1v) is 6.66. The first-order valence-electron chi connectivity index (χ1n) is 5.32. The molecule has 1 aromatic rings. The van der Waals surface area contributed by atoms with E-state index >= 15 is 0 Å². The van der Waals surface area contributed by atoms with Crippen molar-refractivity contribution in [2.75, 3.05) is 13.1 Å². The van der Waals surface area contributed by atoms with Gasteiger partial charge in [-0.15, -0.1) is 0 Å². The van der Waals surface area contributed by atoms with E-state index in [1.165, 1.54) is 5.56 Å². The zero-order valence-corrected chi connectivity index (χ0v) is 9.66. The van der Waals surface area contributed by atoms with Crippen LogP contribution < -0.4 is 0 Å². The molecule has 0 aliphatic carbocycles. The minimum atomic E-state index is -4.50. The predicted octanol–water partition coefficient (Wildman–Crippen LogP) is 2.08. The molecule has 16 heavy (non-hydrogen) atoms. The van der Waals surface area contributed by atoms with Crippen molar-refractivity contribution in [2.45, 2.75) is 18.8 Å². The fourth-order valence-corrected chi connectivity index (χ4v) is 2.78. The largest absolute Gasteiger partial charge is 0.374 e. The van der Waals surface area contributed by atoms with Crippen LogP contribution in [0.25, 0.3) is 0 Å². The molecular formula is C11H14FNO2S. The summed E-state index contributed by atoms with van der Waals surface area (Å²) in [5, 5.41) is 0. The van der Waals surface area contributed by atoms with Crippen molar-refractivity contribution in [3.8, 4) is 0 Å². The monoisotopic (exact) mass is 243 g/mol. The van der Waals surface area contributed by atoms with Crippen LogP contribution in [-0.2, 0) is 10.4 Å². The molecular weight excluding hydrogens is 229 g/mol. The van der Waals surface area contributed by atoms with E-state index in [4.69, 9.17) is 0 Å². The van der Waals surface area contributed by atoms with Gasteiger partial charge in [-0.25, -0.2) is 0 Å². The summed E-state index contributed by atoms with van der Waals surface area (Å²) in [5.74, 6) is 0.346. The van der Waals surface area contributed by atoms with Crippen LogP contribution >= 0.6 is 0 Å². The van der Waals surface area contributed by atoms with Crippen LogP contribution in [0, 0.1) is 0 Å². The second kappa shape index (κ2) is 4.51. The van der Waals surface area contributed by atoms with Crippen LogP contribution in [-0.4, -0.2) is 25.8 Å². The third-order valence-corrected chi connectivity index (χ3v) is 4.02. The van der Waals surface area contributed by atoms with E-state index in [1.807, 2.05) is 30.3 Å². The Labute approximate surface area is 95.2 Å². The minimum absolute atomic E-state index is 0.276. The summed E-state index contributed by atoms with van der Waals surface area (Å²) in [6, 6.07) is 9.94. The Morgan fingerprint density at radius 1 is 1.12 bits per heavy atom. The molecule has 0 amide bonds. The molecule has 2 rings (SSSR count). The maximum absolute atomic E-state index is 12.7. The molecule has 1 aliphatic rings. The standard InChI is InChI=1S/C11H14FNO2S/c12-16(14,15)13-8-6-11(7-9-13)10-4-2-1-3-5-10/h1-5,11H,6-9H2. The summed E-state index contributed by atoms with van der Waals surface area (Å²) in [5.41, 5.74) is 1.21. The molecule has 1 heterocycles. The van der Waals surface area contributed by atoms with Gasteiger partial charge >= 0.3 is 10.4 Å². The topological polar surface area (TPSA) is 37.4 Å². The first kappa shape index (κ1) is 11.5. The quantitative estimate of drug-likeness (QED) is 0.746. The van der Waals surface area contributed by atoms with Gasteiger partial charge in [-0.05, 0) is 24.3 Å². The highest BCUT2D eigenvalue weighted by Gasteiger charge is 2.27. The van der Waals surface area contributed by atoms with Gasteiger partial charge in [0.15, 0.2) is 0 Å². The summed E-state index contributed by atoms with van der Waals surface area (Å²) in [6.45, 7) is 0.552. The molecule has 5 heteroatoms. The van der Waals surface area contributed by atoms with E-state index in [2.05, 4.69) is 0 Å². The molecule has 1 aliphatic heterocycles. The lowest BCUT2D eigenvalue weighted by Crippen LogP contribution is -2.35. The lowest BCUT2D eigenvalue weighted by Gasteiger charge is -2.28. The van der Waals surface area contributed by atoms with Crippen LogP contribution in [0.3, 0.4) is 0 Å². The molecule has 88 valence electrons. The van der Waals surface area contributed by atoms with E-state index in [9.17, 15) is 12.3 Å². The zero-order chi connectivity index (χ0) is 11.6. The van der Waals surface area contributed by atoms with Gasteiger partial charge in [0.2, 0.25) is 0 Å². The summed E-state index contributed by atoms with van der Waals surface area (Å²) in [7, 11) is -4.50. The number of benzene rings is 1. The van der Waals surface area contributed by atoms with Gasteiger partial charge in [0, 0.05) is 13.1 Å². The lowest BCUT2D eigenvalue weighted by atomic mass is 9.90.